The van der Waals surface area contributed by atoms with Crippen LogP contribution in [0.25, 0.3) is 0 Å². The highest BCUT2D eigenvalue weighted by Crippen LogP contribution is 2.16. The van der Waals surface area contributed by atoms with Crippen LogP contribution in [0, 0.1) is 13.8 Å². The third-order valence-electron chi connectivity index (χ3n) is 3.75. The number of carbonyl (C=O) groups excluding carboxylic acids is 1. The second-order valence-electron chi connectivity index (χ2n) is 5.41. The molecule has 0 aliphatic rings. The Morgan fingerprint density at radius 3 is 2.48 bits per heavy atom. The monoisotopic (exact) mass is 312 g/mol. The fraction of sp³-hybridized carbons (Fsp3) is 0.316. The van der Waals surface area contributed by atoms with E-state index in [0.717, 1.165) is 11.4 Å². The van der Waals surface area contributed by atoms with Crippen molar-refractivity contribution in [2.24, 2.45) is 0 Å². The number of carbonyl (C=O) groups is 1. The number of hydrogen-bond donors (Lipinski definition) is 1. The molecule has 2 aromatic carbocycles. The number of anilines is 1. The summed E-state index contributed by atoms with van der Waals surface area (Å²) in [6.45, 7) is 7.62. The van der Waals surface area contributed by atoms with Crippen LogP contribution < -0.4 is 15.0 Å². The molecule has 0 aliphatic heterocycles. The van der Waals surface area contributed by atoms with Gasteiger partial charge in [-0.1, -0.05) is 24.3 Å². The molecule has 4 nitrogen and oxygen atoms in total. The molecule has 2 amide bonds. The number of urea groups is 1. The minimum Gasteiger partial charge on any atom is -0.492 e. The highest BCUT2D eigenvalue weighted by atomic mass is 16.5. The quantitative estimate of drug-likeness (QED) is 0.821. The van der Waals surface area contributed by atoms with Crippen molar-refractivity contribution in [1.82, 2.24) is 5.32 Å². The summed E-state index contributed by atoms with van der Waals surface area (Å²) < 4.78 is 5.68. The molecular weight excluding hydrogens is 288 g/mol. The lowest BCUT2D eigenvalue weighted by atomic mass is 10.1. The van der Waals surface area contributed by atoms with E-state index in [0.29, 0.717) is 19.7 Å². The van der Waals surface area contributed by atoms with Crippen molar-refractivity contribution in [2.75, 3.05) is 24.6 Å². The first-order valence-corrected chi connectivity index (χ1v) is 7.92. The number of para-hydroxylation sites is 1. The molecule has 0 aliphatic carbocycles. The molecule has 0 spiro atoms. The largest absolute Gasteiger partial charge is 0.492 e. The maximum atomic E-state index is 12.2. The molecule has 0 radical (unpaired) electrons. The van der Waals surface area contributed by atoms with Crippen LogP contribution >= 0.6 is 0 Å². The fourth-order valence-corrected chi connectivity index (χ4v) is 2.28. The van der Waals surface area contributed by atoms with E-state index in [1.165, 1.54) is 11.1 Å². The summed E-state index contributed by atoms with van der Waals surface area (Å²) in [5.74, 6) is 0.831. The molecule has 23 heavy (non-hydrogen) atoms. The standard InChI is InChI=1S/C19H24N2O2/c1-4-21(17-8-6-5-7-9-17)19(22)20-12-13-23-18-11-10-15(2)16(3)14-18/h5-11,14H,4,12-13H2,1-3H3,(H,20,22). The summed E-state index contributed by atoms with van der Waals surface area (Å²) in [6.07, 6.45) is 0. The van der Waals surface area contributed by atoms with Gasteiger partial charge >= 0.3 is 6.03 Å². The zero-order valence-corrected chi connectivity index (χ0v) is 14.0. The second kappa shape index (κ2) is 8.22. The maximum absolute atomic E-state index is 12.2. The van der Waals surface area contributed by atoms with Gasteiger partial charge in [-0.2, -0.15) is 0 Å². The number of nitrogens with zero attached hydrogens (tertiary/aromatic N) is 1. The molecule has 0 unspecified atom stereocenters. The van der Waals surface area contributed by atoms with Gasteiger partial charge in [-0.05, 0) is 56.2 Å². The molecule has 0 atom stereocenters. The van der Waals surface area contributed by atoms with Gasteiger partial charge in [0.1, 0.15) is 12.4 Å². The third kappa shape index (κ3) is 4.74. The first kappa shape index (κ1) is 16.9. The molecule has 122 valence electrons. The lowest BCUT2D eigenvalue weighted by molar-refractivity contribution is 0.242. The predicted molar refractivity (Wildman–Crippen MR) is 94.3 cm³/mol. The van der Waals surface area contributed by atoms with Crippen molar-refractivity contribution in [3.8, 4) is 5.75 Å². The Bertz CT molecular complexity index is 641. The van der Waals surface area contributed by atoms with Crippen LogP contribution in [0.3, 0.4) is 0 Å². The molecular formula is C19H24N2O2. The van der Waals surface area contributed by atoms with E-state index >= 15 is 0 Å². The van der Waals surface area contributed by atoms with Gasteiger partial charge in [0.25, 0.3) is 0 Å². The van der Waals surface area contributed by atoms with E-state index in [-0.39, 0.29) is 6.03 Å². The smallest absolute Gasteiger partial charge is 0.321 e. The summed E-state index contributed by atoms with van der Waals surface area (Å²) in [6, 6.07) is 15.5. The van der Waals surface area contributed by atoms with Gasteiger partial charge in [-0.15, -0.1) is 0 Å². The first-order valence-electron chi connectivity index (χ1n) is 7.92. The number of aryl methyl sites for hydroxylation is 2. The van der Waals surface area contributed by atoms with E-state index in [1.807, 2.05) is 55.5 Å². The summed E-state index contributed by atoms with van der Waals surface area (Å²) in [4.78, 5) is 13.9. The van der Waals surface area contributed by atoms with E-state index < -0.39 is 0 Å². The minimum absolute atomic E-state index is 0.109. The number of nitrogens with one attached hydrogen (secondary N) is 1. The van der Waals surface area contributed by atoms with Crippen molar-refractivity contribution in [1.29, 1.82) is 0 Å². The highest BCUT2D eigenvalue weighted by molar-refractivity contribution is 5.91. The van der Waals surface area contributed by atoms with Gasteiger partial charge in [-0.3, -0.25) is 4.90 Å². The molecule has 2 rings (SSSR count). The van der Waals surface area contributed by atoms with Crippen molar-refractivity contribution >= 4 is 11.7 Å². The molecule has 2 aromatic rings. The van der Waals surface area contributed by atoms with E-state index in [4.69, 9.17) is 4.74 Å². The van der Waals surface area contributed by atoms with Crippen LogP contribution in [0.4, 0.5) is 10.5 Å². The first-order chi connectivity index (χ1) is 11.1. The number of ether oxygens (including phenoxy) is 1. The van der Waals surface area contributed by atoms with Crippen LogP contribution in [0.5, 0.6) is 5.75 Å². The number of amides is 2. The van der Waals surface area contributed by atoms with Gasteiger partial charge < -0.3 is 10.1 Å². The molecule has 0 aromatic heterocycles. The minimum atomic E-state index is -0.109. The fourth-order valence-electron chi connectivity index (χ4n) is 2.28. The van der Waals surface area contributed by atoms with Crippen LogP contribution in [0.15, 0.2) is 48.5 Å². The van der Waals surface area contributed by atoms with Gasteiger partial charge in [0.15, 0.2) is 0 Å². The second-order valence-corrected chi connectivity index (χ2v) is 5.41. The summed E-state index contributed by atoms with van der Waals surface area (Å²) in [5, 5.41) is 2.89. The van der Waals surface area contributed by atoms with Gasteiger partial charge in [0.2, 0.25) is 0 Å². The Morgan fingerprint density at radius 2 is 1.83 bits per heavy atom. The summed E-state index contributed by atoms with van der Waals surface area (Å²) >= 11 is 0. The Kier molecular flexibility index (Phi) is 6.03. The van der Waals surface area contributed by atoms with Gasteiger partial charge in [0.05, 0.1) is 6.54 Å². The van der Waals surface area contributed by atoms with E-state index in [1.54, 1.807) is 4.90 Å². The lowest BCUT2D eigenvalue weighted by Crippen LogP contribution is -2.41. The Balaban J connectivity index is 1.81. The number of rotatable bonds is 6. The van der Waals surface area contributed by atoms with Crippen LogP contribution in [-0.4, -0.2) is 25.7 Å². The van der Waals surface area contributed by atoms with Crippen molar-refractivity contribution in [2.45, 2.75) is 20.8 Å². The summed E-state index contributed by atoms with van der Waals surface area (Å²) in [7, 11) is 0. The SMILES string of the molecule is CCN(C(=O)NCCOc1ccc(C)c(C)c1)c1ccccc1. The maximum Gasteiger partial charge on any atom is 0.321 e. The Hall–Kier alpha value is -2.49. The Labute approximate surface area is 138 Å². The van der Waals surface area contributed by atoms with Crippen LogP contribution in [0.1, 0.15) is 18.1 Å². The molecule has 1 N–H and O–H groups in total. The molecule has 0 bridgehead atoms. The molecule has 4 heteroatoms. The zero-order chi connectivity index (χ0) is 16.7. The molecule has 0 saturated carbocycles. The number of hydrogen-bond acceptors (Lipinski definition) is 2. The molecule has 0 saturated heterocycles. The molecule has 0 fully saturated rings. The highest BCUT2D eigenvalue weighted by Gasteiger charge is 2.12. The van der Waals surface area contributed by atoms with Crippen molar-refractivity contribution in [3.63, 3.8) is 0 Å². The normalized spacial score (nSPS) is 10.2. The average Bonchev–Trinajstić information content (AvgIpc) is 2.56. The lowest BCUT2D eigenvalue weighted by Gasteiger charge is -2.21. The van der Waals surface area contributed by atoms with Gasteiger partial charge in [0, 0.05) is 12.2 Å². The van der Waals surface area contributed by atoms with Crippen LogP contribution in [-0.2, 0) is 0 Å². The predicted octanol–water partition coefficient (Wildman–Crippen LogP) is 3.92. The average molecular weight is 312 g/mol. The van der Waals surface area contributed by atoms with Gasteiger partial charge in [-0.25, -0.2) is 4.79 Å². The Morgan fingerprint density at radius 1 is 1.09 bits per heavy atom. The van der Waals surface area contributed by atoms with Crippen molar-refractivity contribution in [3.05, 3.63) is 59.7 Å². The third-order valence-corrected chi connectivity index (χ3v) is 3.75. The topological polar surface area (TPSA) is 41.6 Å². The van der Waals surface area contributed by atoms with Crippen LogP contribution in [0.2, 0.25) is 0 Å². The van der Waals surface area contributed by atoms with E-state index in [9.17, 15) is 4.79 Å². The number of benzene rings is 2. The van der Waals surface area contributed by atoms with Crippen molar-refractivity contribution < 1.29 is 9.53 Å². The summed E-state index contributed by atoms with van der Waals surface area (Å²) in [5.41, 5.74) is 3.34. The zero-order valence-electron chi connectivity index (χ0n) is 14.0. The van der Waals surface area contributed by atoms with E-state index in [2.05, 4.69) is 19.2 Å². The molecule has 0 heterocycles.